The number of amides is 3. The zero-order chi connectivity index (χ0) is 29.3. The van der Waals surface area contributed by atoms with Crippen molar-refractivity contribution in [2.75, 3.05) is 46.2 Å². The predicted octanol–water partition coefficient (Wildman–Crippen LogP) is 3.39. The van der Waals surface area contributed by atoms with E-state index < -0.39 is 0 Å². The van der Waals surface area contributed by atoms with Gasteiger partial charge in [0.25, 0.3) is 11.8 Å². The molecule has 0 saturated carbocycles. The lowest BCUT2D eigenvalue weighted by Gasteiger charge is -2.26. The van der Waals surface area contributed by atoms with Gasteiger partial charge >= 0.3 is 0 Å². The van der Waals surface area contributed by atoms with Gasteiger partial charge in [-0.15, -0.1) is 0 Å². The number of hydrogen-bond acceptors (Lipinski definition) is 7. The maximum absolute atomic E-state index is 13.6. The quantitative estimate of drug-likeness (QED) is 0.493. The van der Waals surface area contributed by atoms with Gasteiger partial charge in [-0.25, -0.2) is 0 Å². The molecule has 1 saturated heterocycles. The second-order valence-corrected chi connectivity index (χ2v) is 11.3. The first-order valence-electron chi connectivity index (χ1n) is 14.8. The molecule has 0 aliphatic carbocycles. The fraction of sp³-hybridized carbons (Fsp3) is 0.364. The molecule has 43 heavy (non-hydrogen) atoms. The minimum atomic E-state index is -0.349. The predicted molar refractivity (Wildman–Crippen MR) is 156 cm³/mol. The Morgan fingerprint density at radius 1 is 0.767 bits per heavy atom. The summed E-state index contributed by atoms with van der Waals surface area (Å²) in [6.45, 7) is 2.33. The molecule has 10 heteroatoms. The van der Waals surface area contributed by atoms with Crippen molar-refractivity contribution in [2.24, 2.45) is 0 Å². The van der Waals surface area contributed by atoms with Gasteiger partial charge < -0.3 is 34.1 Å². The van der Waals surface area contributed by atoms with E-state index in [9.17, 15) is 14.4 Å². The van der Waals surface area contributed by atoms with E-state index in [0.717, 1.165) is 35.5 Å². The van der Waals surface area contributed by atoms with Crippen LogP contribution in [0.4, 0.5) is 0 Å². The summed E-state index contributed by atoms with van der Waals surface area (Å²) < 4.78 is 22.5. The van der Waals surface area contributed by atoms with Gasteiger partial charge in [0.1, 0.15) is 11.5 Å². The molecule has 0 unspecified atom stereocenters. The molecule has 0 aromatic heterocycles. The molecule has 2 bridgehead atoms. The molecule has 10 nitrogen and oxygen atoms in total. The van der Waals surface area contributed by atoms with Crippen molar-refractivity contribution in [3.63, 3.8) is 0 Å². The number of carbonyl (C=O) groups excluding carboxylic acids is 3. The highest BCUT2D eigenvalue weighted by atomic mass is 16.7. The van der Waals surface area contributed by atoms with E-state index in [1.54, 1.807) is 34.1 Å². The number of nitrogens with one attached hydrogen (secondary N) is 1. The molecule has 3 aromatic carbocycles. The van der Waals surface area contributed by atoms with Gasteiger partial charge in [-0.2, -0.15) is 0 Å². The van der Waals surface area contributed by atoms with Crippen molar-refractivity contribution in [1.82, 2.24) is 15.1 Å². The minimum absolute atomic E-state index is 0.0767. The topological polar surface area (TPSA) is 107 Å². The largest absolute Gasteiger partial charge is 0.494 e. The molecule has 0 spiro atoms. The molecular weight excluding hydrogens is 550 g/mol. The molecular formula is C33H33N3O7. The molecule has 2 atom stereocenters. The minimum Gasteiger partial charge on any atom is -0.494 e. The molecule has 0 radical (unpaired) electrons. The second-order valence-electron chi connectivity index (χ2n) is 11.3. The molecule has 4 heterocycles. The second kappa shape index (κ2) is 11.5. The van der Waals surface area contributed by atoms with Crippen LogP contribution in [0, 0.1) is 0 Å². The lowest BCUT2D eigenvalue weighted by molar-refractivity contribution is -0.122. The maximum Gasteiger partial charge on any atom is 0.254 e. The van der Waals surface area contributed by atoms with Gasteiger partial charge in [-0.3, -0.25) is 14.4 Å². The van der Waals surface area contributed by atoms with E-state index in [4.69, 9.17) is 18.9 Å². The van der Waals surface area contributed by atoms with Crippen molar-refractivity contribution in [1.29, 1.82) is 0 Å². The number of nitrogens with zero attached hydrogens (tertiary/aromatic N) is 2. The van der Waals surface area contributed by atoms with Gasteiger partial charge in [0.15, 0.2) is 11.5 Å². The molecule has 4 aliphatic heterocycles. The molecule has 4 aliphatic rings. The summed E-state index contributed by atoms with van der Waals surface area (Å²) >= 11 is 0. The van der Waals surface area contributed by atoms with Crippen molar-refractivity contribution < 1.29 is 33.3 Å². The third-order valence-corrected chi connectivity index (χ3v) is 8.51. The molecule has 7 rings (SSSR count). The first kappa shape index (κ1) is 27.1. The summed E-state index contributed by atoms with van der Waals surface area (Å²) in [7, 11) is 0. The Morgan fingerprint density at radius 2 is 1.58 bits per heavy atom. The summed E-state index contributed by atoms with van der Waals surface area (Å²) in [4.78, 5) is 44.2. The van der Waals surface area contributed by atoms with Gasteiger partial charge in [0.05, 0.1) is 25.8 Å². The van der Waals surface area contributed by atoms with E-state index in [1.165, 1.54) is 0 Å². The molecule has 1 fully saturated rings. The molecule has 1 N–H and O–H groups in total. The van der Waals surface area contributed by atoms with Gasteiger partial charge in [-0.05, 0) is 72.5 Å². The monoisotopic (exact) mass is 583 g/mol. The lowest BCUT2D eigenvalue weighted by Crippen LogP contribution is -2.47. The van der Waals surface area contributed by atoms with Crippen LogP contribution in [0.1, 0.15) is 50.6 Å². The van der Waals surface area contributed by atoms with E-state index in [1.807, 2.05) is 36.4 Å². The normalized spacial score (nSPS) is 21.2. The Labute approximate surface area is 249 Å². The maximum atomic E-state index is 13.6. The van der Waals surface area contributed by atoms with Crippen LogP contribution in [-0.2, 0) is 11.2 Å². The lowest BCUT2D eigenvalue weighted by atomic mass is 9.94. The van der Waals surface area contributed by atoms with Crippen molar-refractivity contribution >= 4 is 17.7 Å². The third kappa shape index (κ3) is 5.57. The van der Waals surface area contributed by atoms with Crippen LogP contribution in [0.2, 0.25) is 0 Å². The number of benzene rings is 3. The number of rotatable bonds is 2. The number of carbonyl (C=O) groups is 3. The Bertz CT molecular complexity index is 1570. The summed E-state index contributed by atoms with van der Waals surface area (Å²) in [6.07, 6.45) is 2.19. The van der Waals surface area contributed by atoms with Crippen molar-refractivity contribution in [3.05, 3.63) is 82.9 Å². The summed E-state index contributed by atoms with van der Waals surface area (Å²) in [5.74, 6) is 1.96. The average Bonchev–Trinajstić information content (AvgIpc) is 3.78. The summed E-state index contributed by atoms with van der Waals surface area (Å²) in [5.41, 5.74) is 3.03. The SMILES string of the molecule is O=C1CN(C(=O)c2ccc3c(c2)CCO3)CCCCOc2cccc(c2)[C@H]2CN(C(=O)c3ccc4c(c3)OCO4)C[C@@H]2N1. The van der Waals surface area contributed by atoms with E-state index in [-0.39, 0.29) is 43.0 Å². The third-order valence-electron chi connectivity index (χ3n) is 8.51. The fourth-order valence-electron chi connectivity index (χ4n) is 6.28. The zero-order valence-electron chi connectivity index (χ0n) is 23.8. The van der Waals surface area contributed by atoms with Gasteiger partial charge in [-0.1, -0.05) is 12.1 Å². The molecule has 3 amide bonds. The molecule has 3 aromatic rings. The Kier molecular flexibility index (Phi) is 7.26. The van der Waals surface area contributed by atoms with Gasteiger partial charge in [0, 0.05) is 43.1 Å². The van der Waals surface area contributed by atoms with Crippen LogP contribution in [0.15, 0.2) is 60.7 Å². The van der Waals surface area contributed by atoms with E-state index in [2.05, 4.69) is 5.32 Å². The first-order valence-corrected chi connectivity index (χ1v) is 14.8. The van der Waals surface area contributed by atoms with Crippen LogP contribution in [0.3, 0.4) is 0 Å². The number of fused-ring (bicyclic) bond motifs is 6. The van der Waals surface area contributed by atoms with Crippen LogP contribution in [-0.4, -0.2) is 79.7 Å². The van der Waals surface area contributed by atoms with Crippen LogP contribution >= 0.6 is 0 Å². The fourth-order valence-corrected chi connectivity index (χ4v) is 6.28. The van der Waals surface area contributed by atoms with Crippen LogP contribution in [0.25, 0.3) is 0 Å². The summed E-state index contributed by atoms with van der Waals surface area (Å²) in [6, 6.07) is 18.1. The highest BCUT2D eigenvalue weighted by Gasteiger charge is 2.38. The molecule has 222 valence electrons. The van der Waals surface area contributed by atoms with Crippen LogP contribution < -0.4 is 24.3 Å². The van der Waals surface area contributed by atoms with Crippen molar-refractivity contribution in [2.45, 2.75) is 31.2 Å². The Hall–Kier alpha value is -4.73. The van der Waals surface area contributed by atoms with Crippen molar-refractivity contribution in [3.8, 4) is 23.0 Å². The zero-order valence-corrected chi connectivity index (χ0v) is 23.8. The standard InChI is InChI=1S/C33H33N3O7/c37-31-19-35(32(38)23-6-8-28-22(14-23)10-13-41-28)11-1-2-12-40-25-5-3-4-21(15-25)26-17-36(18-27(26)34-31)33(39)24-7-9-29-30(16-24)43-20-42-29/h3-9,14-16,26-27H,1-2,10-13,17-20H2,(H,34,37)/t26-,27+/m1/s1. The summed E-state index contributed by atoms with van der Waals surface area (Å²) in [5, 5.41) is 3.17. The van der Waals surface area contributed by atoms with E-state index >= 15 is 0 Å². The average molecular weight is 584 g/mol. The number of ether oxygens (including phenoxy) is 4. The van der Waals surface area contributed by atoms with Crippen LogP contribution in [0.5, 0.6) is 23.0 Å². The smallest absolute Gasteiger partial charge is 0.254 e. The highest BCUT2D eigenvalue weighted by molar-refractivity contribution is 5.97. The Balaban J connectivity index is 1.13. The number of hydrogen-bond donors (Lipinski definition) is 1. The number of likely N-dealkylation sites (tertiary alicyclic amines) is 1. The Morgan fingerprint density at radius 3 is 2.49 bits per heavy atom. The highest BCUT2D eigenvalue weighted by Crippen LogP contribution is 2.35. The van der Waals surface area contributed by atoms with E-state index in [0.29, 0.717) is 61.9 Å². The van der Waals surface area contributed by atoms with Gasteiger partial charge in [0.2, 0.25) is 12.7 Å². The first-order chi connectivity index (χ1) is 21.0.